The van der Waals surface area contributed by atoms with E-state index >= 15 is 0 Å². The molecule has 0 spiro atoms. The Labute approximate surface area is 152 Å². The Morgan fingerprint density at radius 2 is 2.22 bits per heavy atom. The predicted molar refractivity (Wildman–Crippen MR) is 98.3 cm³/mol. The fraction of sp³-hybridized carbons (Fsp3) is 0.600. The Hall–Kier alpha value is -1.19. The first kappa shape index (κ1) is 19.9. The van der Waals surface area contributed by atoms with Crippen molar-refractivity contribution in [3.63, 3.8) is 0 Å². The van der Waals surface area contributed by atoms with Crippen LogP contribution in [0.5, 0.6) is 0 Å². The molecule has 0 atom stereocenters. The topological polar surface area (TPSA) is 54.2 Å². The molecular weight excluding hydrogens is 415 g/mol. The molecule has 0 radical (unpaired) electrons. The number of alkyl halides is 2. The summed E-state index contributed by atoms with van der Waals surface area (Å²) in [5, 5.41) is 6.21. The zero-order valence-electron chi connectivity index (χ0n) is 13.3. The number of aliphatic imine (C=N–C) groups is 1. The van der Waals surface area contributed by atoms with Gasteiger partial charge in [-0.2, -0.15) is 8.78 Å². The van der Waals surface area contributed by atoms with E-state index in [9.17, 15) is 8.78 Å². The fourth-order valence-corrected chi connectivity index (χ4v) is 2.52. The van der Waals surface area contributed by atoms with Crippen LogP contribution in [0.4, 0.5) is 8.78 Å². The summed E-state index contributed by atoms with van der Waals surface area (Å²) >= 11 is 0. The van der Waals surface area contributed by atoms with Gasteiger partial charge in [0.1, 0.15) is 5.82 Å². The monoisotopic (exact) mass is 439 g/mol. The van der Waals surface area contributed by atoms with Crippen molar-refractivity contribution in [2.75, 3.05) is 13.6 Å². The zero-order chi connectivity index (χ0) is 15.8. The minimum atomic E-state index is -2.58. The van der Waals surface area contributed by atoms with E-state index in [0.717, 1.165) is 17.5 Å². The molecule has 1 aromatic heterocycles. The number of nitrogens with zero attached hydrogens (tertiary/aromatic N) is 3. The lowest BCUT2D eigenvalue weighted by atomic mass is 9.97. The van der Waals surface area contributed by atoms with Crippen LogP contribution >= 0.6 is 24.0 Å². The number of guanidine groups is 1. The fourth-order valence-electron chi connectivity index (χ4n) is 2.52. The van der Waals surface area contributed by atoms with Crippen molar-refractivity contribution in [1.29, 1.82) is 0 Å². The molecule has 1 aliphatic rings. The number of nitrogens with one attached hydrogen (secondary N) is 2. The third kappa shape index (κ3) is 6.44. The van der Waals surface area contributed by atoms with Crippen LogP contribution in [0.15, 0.2) is 29.0 Å². The van der Waals surface area contributed by atoms with Crippen LogP contribution < -0.4 is 10.6 Å². The Kier molecular flexibility index (Phi) is 9.12. The summed E-state index contributed by atoms with van der Waals surface area (Å²) in [7, 11) is 1.66. The normalized spacial score (nSPS) is 15.1. The molecule has 0 bridgehead atoms. The molecule has 0 amide bonds. The van der Waals surface area contributed by atoms with Gasteiger partial charge in [-0.15, -0.1) is 24.0 Å². The van der Waals surface area contributed by atoms with Gasteiger partial charge in [0.15, 0.2) is 5.96 Å². The van der Waals surface area contributed by atoms with Gasteiger partial charge in [0.05, 0.1) is 6.54 Å². The first-order valence-corrected chi connectivity index (χ1v) is 7.63. The van der Waals surface area contributed by atoms with Gasteiger partial charge in [-0.1, -0.05) is 11.6 Å². The van der Waals surface area contributed by atoms with E-state index in [4.69, 9.17) is 0 Å². The van der Waals surface area contributed by atoms with Gasteiger partial charge in [-0.3, -0.25) is 9.56 Å². The lowest BCUT2D eigenvalue weighted by molar-refractivity contribution is 0.0668. The lowest BCUT2D eigenvalue weighted by Gasteiger charge is -2.15. The summed E-state index contributed by atoms with van der Waals surface area (Å²) < 4.78 is 26.3. The molecule has 0 saturated carbocycles. The standard InChI is InChI=1S/C15H23F2N5.HI/c1-18-15(20-8-7-12-5-3-2-4-6-12)21-11-13-19-9-10-22(13)14(16)17;/h5,9-10,14H,2-4,6-8,11H2,1H3,(H2,18,20,21);1H. The summed E-state index contributed by atoms with van der Waals surface area (Å²) in [6.45, 7) is -1.58. The second-order valence-corrected chi connectivity index (χ2v) is 5.24. The minimum absolute atomic E-state index is 0. The molecule has 2 rings (SSSR count). The molecule has 0 unspecified atom stereocenters. The van der Waals surface area contributed by atoms with Gasteiger partial charge >= 0.3 is 6.55 Å². The van der Waals surface area contributed by atoms with E-state index in [0.29, 0.717) is 5.96 Å². The number of hydrogen-bond acceptors (Lipinski definition) is 2. The number of imidazole rings is 1. The third-order valence-electron chi connectivity index (χ3n) is 3.72. The van der Waals surface area contributed by atoms with Gasteiger partial charge in [-0.25, -0.2) is 4.98 Å². The molecule has 0 saturated heterocycles. The first-order valence-electron chi connectivity index (χ1n) is 7.63. The number of halogens is 3. The van der Waals surface area contributed by atoms with Crippen LogP contribution in [-0.2, 0) is 6.54 Å². The Balaban J connectivity index is 0.00000264. The molecule has 1 aliphatic carbocycles. The lowest BCUT2D eigenvalue weighted by Crippen LogP contribution is -2.38. The quantitative estimate of drug-likeness (QED) is 0.309. The van der Waals surface area contributed by atoms with E-state index in [1.54, 1.807) is 7.05 Å². The molecule has 1 heterocycles. The highest BCUT2D eigenvalue weighted by atomic mass is 127. The summed E-state index contributed by atoms with van der Waals surface area (Å²) in [4.78, 5) is 8.02. The zero-order valence-corrected chi connectivity index (χ0v) is 15.6. The summed E-state index contributed by atoms with van der Waals surface area (Å²) in [6, 6.07) is 0. The van der Waals surface area contributed by atoms with E-state index in [2.05, 4.69) is 26.7 Å². The van der Waals surface area contributed by atoms with Crippen molar-refractivity contribution in [3.05, 3.63) is 29.9 Å². The van der Waals surface area contributed by atoms with Crippen LogP contribution in [0.2, 0.25) is 0 Å². The Morgan fingerprint density at radius 1 is 1.39 bits per heavy atom. The third-order valence-corrected chi connectivity index (χ3v) is 3.72. The second kappa shape index (κ2) is 10.6. The van der Waals surface area contributed by atoms with Gasteiger partial charge in [0, 0.05) is 26.0 Å². The van der Waals surface area contributed by atoms with E-state index in [1.807, 2.05) is 0 Å². The molecule has 0 aliphatic heterocycles. The maximum atomic E-state index is 12.7. The molecule has 1 aromatic rings. The average molecular weight is 439 g/mol. The first-order chi connectivity index (χ1) is 10.7. The van der Waals surface area contributed by atoms with Crippen LogP contribution in [0, 0.1) is 0 Å². The number of aromatic nitrogens is 2. The van der Waals surface area contributed by atoms with Crippen molar-refractivity contribution < 1.29 is 8.78 Å². The average Bonchev–Trinajstić information content (AvgIpc) is 3.00. The highest BCUT2D eigenvalue weighted by Crippen LogP contribution is 2.19. The maximum Gasteiger partial charge on any atom is 0.319 e. The molecule has 5 nitrogen and oxygen atoms in total. The molecule has 0 fully saturated rings. The highest BCUT2D eigenvalue weighted by molar-refractivity contribution is 14.0. The minimum Gasteiger partial charge on any atom is -0.356 e. The predicted octanol–water partition coefficient (Wildman–Crippen LogP) is 3.45. The molecule has 130 valence electrons. The summed E-state index contributed by atoms with van der Waals surface area (Å²) in [6.07, 6.45) is 10.9. The van der Waals surface area contributed by atoms with Gasteiger partial charge in [0.2, 0.25) is 0 Å². The van der Waals surface area contributed by atoms with E-state index < -0.39 is 6.55 Å². The van der Waals surface area contributed by atoms with Crippen molar-refractivity contribution in [3.8, 4) is 0 Å². The van der Waals surface area contributed by atoms with Crippen molar-refractivity contribution in [2.24, 2.45) is 4.99 Å². The van der Waals surface area contributed by atoms with Crippen LogP contribution in [0.3, 0.4) is 0 Å². The maximum absolute atomic E-state index is 12.7. The molecule has 23 heavy (non-hydrogen) atoms. The highest BCUT2D eigenvalue weighted by Gasteiger charge is 2.11. The smallest absolute Gasteiger partial charge is 0.319 e. The molecule has 0 aromatic carbocycles. The van der Waals surface area contributed by atoms with Crippen molar-refractivity contribution in [1.82, 2.24) is 20.2 Å². The molecule has 8 heteroatoms. The number of hydrogen-bond donors (Lipinski definition) is 2. The Bertz CT molecular complexity index is 528. The summed E-state index contributed by atoms with van der Waals surface area (Å²) in [5.74, 6) is 0.883. The van der Waals surface area contributed by atoms with Crippen LogP contribution in [0.25, 0.3) is 0 Å². The van der Waals surface area contributed by atoms with Crippen LogP contribution in [-0.4, -0.2) is 29.1 Å². The number of rotatable bonds is 6. The SMILES string of the molecule is CN=C(NCCC1=CCCCC1)NCc1nccn1C(F)F.I. The largest absolute Gasteiger partial charge is 0.356 e. The molecular formula is C15H24F2IN5. The Morgan fingerprint density at radius 3 is 2.87 bits per heavy atom. The van der Waals surface area contributed by atoms with Gasteiger partial charge < -0.3 is 10.6 Å². The second-order valence-electron chi connectivity index (χ2n) is 5.24. The molecule has 2 N–H and O–H groups in total. The number of allylic oxidation sites excluding steroid dienone is 1. The van der Waals surface area contributed by atoms with E-state index in [-0.39, 0.29) is 36.3 Å². The van der Waals surface area contributed by atoms with Crippen molar-refractivity contribution >= 4 is 29.9 Å². The summed E-state index contributed by atoms with van der Waals surface area (Å²) in [5.41, 5.74) is 1.49. The van der Waals surface area contributed by atoms with Crippen molar-refractivity contribution in [2.45, 2.75) is 45.2 Å². The van der Waals surface area contributed by atoms with Gasteiger partial charge in [0.25, 0.3) is 0 Å². The van der Waals surface area contributed by atoms with Crippen LogP contribution in [0.1, 0.15) is 44.5 Å². The van der Waals surface area contributed by atoms with Gasteiger partial charge in [-0.05, 0) is 32.1 Å². The van der Waals surface area contributed by atoms with E-state index in [1.165, 1.54) is 43.7 Å².